The Morgan fingerprint density at radius 3 is 2.81 bits per heavy atom. The van der Waals surface area contributed by atoms with Gasteiger partial charge in [-0.25, -0.2) is 0 Å². The number of hydrogen-bond donors (Lipinski definition) is 1. The number of fused-ring (bicyclic) bond motifs is 2. The molecule has 0 radical (unpaired) electrons. The van der Waals surface area contributed by atoms with Gasteiger partial charge >= 0.3 is 0 Å². The van der Waals surface area contributed by atoms with Crippen LogP contribution >= 0.6 is 0 Å². The molecule has 1 aliphatic rings. The summed E-state index contributed by atoms with van der Waals surface area (Å²) in [5.74, 6) is 1.40. The van der Waals surface area contributed by atoms with Gasteiger partial charge in [0.2, 0.25) is 0 Å². The first-order chi connectivity index (χ1) is 15.2. The van der Waals surface area contributed by atoms with Gasteiger partial charge in [-0.05, 0) is 73.6 Å². The van der Waals surface area contributed by atoms with Gasteiger partial charge in [-0.3, -0.25) is 4.98 Å². The lowest BCUT2D eigenvalue weighted by atomic mass is 9.92. The maximum atomic E-state index is 9.04. The molecule has 4 heterocycles. The van der Waals surface area contributed by atoms with Gasteiger partial charge in [0.25, 0.3) is 0 Å². The zero-order valence-electron chi connectivity index (χ0n) is 17.4. The van der Waals surface area contributed by atoms with Crippen LogP contribution in [0.1, 0.15) is 42.4 Å². The second-order valence-corrected chi connectivity index (χ2v) is 8.10. The number of ether oxygens (including phenoxy) is 1. The average molecular weight is 416 g/mol. The molecule has 1 aromatic carbocycles. The Labute approximate surface area is 179 Å². The van der Waals surface area contributed by atoms with E-state index in [9.17, 15) is 0 Å². The van der Waals surface area contributed by atoms with E-state index in [2.05, 4.69) is 43.6 Å². The molecule has 0 spiro atoms. The van der Waals surface area contributed by atoms with Crippen LogP contribution in [0.25, 0.3) is 16.6 Å². The summed E-state index contributed by atoms with van der Waals surface area (Å²) in [4.78, 5) is 4.66. The minimum absolute atomic E-state index is 0.440. The fourth-order valence-electron chi connectivity index (χ4n) is 4.10. The second kappa shape index (κ2) is 8.39. The SMILES string of the molecule is C/C(=N\O)c1ccc2nnc(Cc3ccc4ncc(CC5CCOCC5)cc4c3)n2n1. The van der Waals surface area contributed by atoms with Gasteiger partial charge in [0, 0.05) is 31.2 Å². The topological polar surface area (TPSA) is 97.8 Å². The van der Waals surface area contributed by atoms with Crippen LogP contribution in [0.3, 0.4) is 0 Å². The van der Waals surface area contributed by atoms with Crippen molar-refractivity contribution in [2.75, 3.05) is 13.2 Å². The molecule has 8 nitrogen and oxygen atoms in total. The maximum absolute atomic E-state index is 9.04. The first-order valence-corrected chi connectivity index (χ1v) is 10.6. The highest BCUT2D eigenvalue weighted by atomic mass is 16.5. The quantitative estimate of drug-likeness (QED) is 0.304. The van der Waals surface area contributed by atoms with E-state index in [0.717, 1.165) is 54.8 Å². The van der Waals surface area contributed by atoms with E-state index in [-0.39, 0.29) is 0 Å². The number of oxime groups is 1. The van der Waals surface area contributed by atoms with Crippen molar-refractivity contribution in [1.82, 2.24) is 24.8 Å². The Bertz CT molecular complexity index is 1260. The van der Waals surface area contributed by atoms with E-state index >= 15 is 0 Å². The standard InChI is InChI=1S/C23H24N6O2/c1-15(28-30)20-4-5-22-25-26-23(29(22)27-20)13-17-2-3-21-19(11-17)12-18(14-24-21)10-16-6-8-31-9-7-16/h2-5,11-12,14,16,30H,6-10,13H2,1H3/b28-15+. The van der Waals surface area contributed by atoms with Crippen LogP contribution in [0.5, 0.6) is 0 Å². The summed E-state index contributed by atoms with van der Waals surface area (Å²) < 4.78 is 7.18. The van der Waals surface area contributed by atoms with Crippen LogP contribution in [0.2, 0.25) is 0 Å². The van der Waals surface area contributed by atoms with Crippen LogP contribution in [0.15, 0.2) is 47.8 Å². The van der Waals surface area contributed by atoms with E-state index in [1.165, 1.54) is 5.56 Å². The van der Waals surface area contributed by atoms with Gasteiger partial charge < -0.3 is 9.94 Å². The number of rotatable bonds is 5. The van der Waals surface area contributed by atoms with Crippen molar-refractivity contribution in [2.24, 2.45) is 11.1 Å². The van der Waals surface area contributed by atoms with Crippen molar-refractivity contribution in [1.29, 1.82) is 0 Å². The highest BCUT2D eigenvalue weighted by Gasteiger charge is 2.15. The van der Waals surface area contributed by atoms with Gasteiger partial charge in [0.05, 0.1) is 5.52 Å². The third-order valence-corrected chi connectivity index (χ3v) is 5.88. The second-order valence-electron chi connectivity index (χ2n) is 8.10. The highest BCUT2D eigenvalue weighted by molar-refractivity contribution is 5.96. The molecule has 3 aromatic heterocycles. The minimum Gasteiger partial charge on any atom is -0.411 e. The fourth-order valence-corrected chi connectivity index (χ4v) is 4.10. The molecule has 31 heavy (non-hydrogen) atoms. The lowest BCUT2D eigenvalue weighted by Crippen LogP contribution is -2.17. The van der Waals surface area contributed by atoms with Crippen LogP contribution in [-0.2, 0) is 17.6 Å². The van der Waals surface area contributed by atoms with E-state index < -0.39 is 0 Å². The van der Waals surface area contributed by atoms with Gasteiger partial charge in [-0.2, -0.15) is 9.61 Å². The monoisotopic (exact) mass is 416 g/mol. The normalized spacial score (nSPS) is 15.7. The van der Waals surface area contributed by atoms with Crippen LogP contribution in [0, 0.1) is 5.92 Å². The Morgan fingerprint density at radius 2 is 1.97 bits per heavy atom. The predicted molar refractivity (Wildman–Crippen MR) is 117 cm³/mol. The van der Waals surface area contributed by atoms with Crippen LogP contribution in [0.4, 0.5) is 0 Å². The molecule has 0 unspecified atom stereocenters. The third-order valence-electron chi connectivity index (χ3n) is 5.88. The molecule has 1 aliphatic heterocycles. The van der Waals surface area contributed by atoms with Crippen LogP contribution in [-0.4, -0.2) is 48.9 Å². The van der Waals surface area contributed by atoms with Crippen LogP contribution < -0.4 is 0 Å². The maximum Gasteiger partial charge on any atom is 0.177 e. The lowest BCUT2D eigenvalue weighted by Gasteiger charge is -2.21. The van der Waals surface area contributed by atoms with Crippen molar-refractivity contribution in [3.8, 4) is 0 Å². The lowest BCUT2D eigenvalue weighted by molar-refractivity contribution is 0.0665. The van der Waals surface area contributed by atoms with Crippen molar-refractivity contribution < 1.29 is 9.94 Å². The summed E-state index contributed by atoms with van der Waals surface area (Å²) in [5.41, 5.74) is 5.06. The molecule has 8 heteroatoms. The Kier molecular flexibility index (Phi) is 5.30. The fraction of sp³-hybridized carbons (Fsp3) is 0.348. The molecule has 0 saturated carbocycles. The average Bonchev–Trinajstić information content (AvgIpc) is 3.21. The molecule has 5 rings (SSSR count). The first kappa shape index (κ1) is 19.6. The van der Waals surface area contributed by atoms with Crippen molar-refractivity contribution in [3.05, 3.63) is 65.2 Å². The van der Waals surface area contributed by atoms with E-state index in [4.69, 9.17) is 9.94 Å². The number of benzene rings is 1. The molecular formula is C23H24N6O2. The molecule has 0 amide bonds. The summed E-state index contributed by atoms with van der Waals surface area (Å²) in [6.45, 7) is 3.43. The summed E-state index contributed by atoms with van der Waals surface area (Å²) in [6, 6.07) is 12.1. The number of nitrogens with zero attached hydrogens (tertiary/aromatic N) is 6. The molecule has 0 aliphatic carbocycles. The Balaban J connectivity index is 1.42. The highest BCUT2D eigenvalue weighted by Crippen LogP contribution is 2.23. The summed E-state index contributed by atoms with van der Waals surface area (Å²) in [6.07, 6.45) is 5.87. The largest absolute Gasteiger partial charge is 0.411 e. The summed E-state index contributed by atoms with van der Waals surface area (Å²) in [7, 11) is 0. The van der Waals surface area contributed by atoms with Gasteiger partial charge in [0.15, 0.2) is 11.5 Å². The zero-order chi connectivity index (χ0) is 21.2. The smallest absolute Gasteiger partial charge is 0.177 e. The molecule has 0 atom stereocenters. The zero-order valence-corrected chi connectivity index (χ0v) is 17.4. The summed E-state index contributed by atoms with van der Waals surface area (Å²) in [5, 5.41) is 26.4. The van der Waals surface area contributed by atoms with Gasteiger partial charge in [0.1, 0.15) is 11.4 Å². The van der Waals surface area contributed by atoms with E-state index in [1.807, 2.05) is 18.3 Å². The van der Waals surface area contributed by atoms with Gasteiger partial charge in [-0.1, -0.05) is 11.2 Å². The number of hydrogen-bond acceptors (Lipinski definition) is 7. The number of aromatic nitrogens is 5. The molecule has 158 valence electrons. The Hall–Kier alpha value is -3.39. The van der Waals surface area contributed by atoms with Crippen molar-refractivity contribution >= 4 is 22.3 Å². The molecule has 1 N–H and O–H groups in total. The predicted octanol–water partition coefficient (Wildman–Crippen LogP) is 3.43. The third kappa shape index (κ3) is 4.11. The molecular weight excluding hydrogens is 392 g/mol. The molecule has 1 fully saturated rings. The van der Waals surface area contributed by atoms with Gasteiger partial charge in [-0.15, -0.1) is 10.2 Å². The van der Waals surface area contributed by atoms with E-state index in [1.54, 1.807) is 17.5 Å². The Morgan fingerprint density at radius 1 is 1.13 bits per heavy atom. The first-order valence-electron chi connectivity index (χ1n) is 10.6. The number of pyridine rings is 1. The molecule has 4 aromatic rings. The van der Waals surface area contributed by atoms with Crippen molar-refractivity contribution in [2.45, 2.75) is 32.6 Å². The van der Waals surface area contributed by atoms with E-state index in [0.29, 0.717) is 29.4 Å². The molecule has 1 saturated heterocycles. The molecule has 0 bridgehead atoms. The summed E-state index contributed by atoms with van der Waals surface area (Å²) >= 11 is 0. The minimum atomic E-state index is 0.440. The van der Waals surface area contributed by atoms with Crippen molar-refractivity contribution in [3.63, 3.8) is 0 Å².